The number of hydrogen-bond acceptors (Lipinski definition) is 4. The van der Waals surface area contributed by atoms with E-state index < -0.39 is 0 Å². The van der Waals surface area contributed by atoms with Crippen molar-refractivity contribution in [2.45, 2.75) is 40.2 Å². The summed E-state index contributed by atoms with van der Waals surface area (Å²) in [7, 11) is 0. The lowest BCUT2D eigenvalue weighted by Gasteiger charge is -2.17. The van der Waals surface area contributed by atoms with Crippen molar-refractivity contribution in [3.63, 3.8) is 0 Å². The van der Waals surface area contributed by atoms with Gasteiger partial charge in [-0.1, -0.05) is 13.8 Å². The standard InChI is InChI=1S/C16H26N2O2/c1-5-18(6-2)10-9-15(19)13-7-8-16(14(17)11-13)20-12(3)4/h7-8,11-12H,5-6,9-10,17H2,1-4H3. The summed E-state index contributed by atoms with van der Waals surface area (Å²) in [6, 6.07) is 5.28. The molecule has 0 fully saturated rings. The molecule has 0 saturated carbocycles. The monoisotopic (exact) mass is 278 g/mol. The maximum atomic E-state index is 12.1. The molecule has 0 aliphatic rings. The summed E-state index contributed by atoms with van der Waals surface area (Å²) in [5, 5.41) is 0. The van der Waals surface area contributed by atoms with Crippen LogP contribution in [0.1, 0.15) is 44.5 Å². The fourth-order valence-electron chi connectivity index (χ4n) is 2.03. The molecule has 0 radical (unpaired) electrons. The van der Waals surface area contributed by atoms with Crippen LogP contribution in [0.25, 0.3) is 0 Å². The van der Waals surface area contributed by atoms with E-state index in [1.807, 2.05) is 13.8 Å². The van der Waals surface area contributed by atoms with Crippen molar-refractivity contribution in [3.05, 3.63) is 23.8 Å². The molecular formula is C16H26N2O2. The summed E-state index contributed by atoms with van der Waals surface area (Å²) in [5.74, 6) is 0.764. The van der Waals surface area contributed by atoms with Gasteiger partial charge in [0, 0.05) is 18.5 Å². The Morgan fingerprint density at radius 2 is 1.95 bits per heavy atom. The number of nitrogens with two attached hydrogens (primary N) is 1. The third-order valence-electron chi connectivity index (χ3n) is 3.24. The average molecular weight is 278 g/mol. The molecular weight excluding hydrogens is 252 g/mol. The second kappa shape index (κ2) is 7.90. The Balaban J connectivity index is 2.67. The Labute approximate surface area is 121 Å². The molecule has 1 aromatic carbocycles. The Kier molecular flexibility index (Phi) is 6.52. The maximum Gasteiger partial charge on any atom is 0.164 e. The second-order valence-corrected chi connectivity index (χ2v) is 5.12. The van der Waals surface area contributed by atoms with Gasteiger partial charge in [0.2, 0.25) is 0 Å². The van der Waals surface area contributed by atoms with Crippen molar-refractivity contribution < 1.29 is 9.53 Å². The molecule has 20 heavy (non-hydrogen) atoms. The summed E-state index contributed by atoms with van der Waals surface area (Å²) in [6.07, 6.45) is 0.590. The number of anilines is 1. The number of ether oxygens (including phenoxy) is 1. The number of carbonyl (C=O) groups excluding carboxylic acids is 1. The number of Topliss-reactive ketones (excluding diaryl/α,β-unsaturated/α-hetero) is 1. The molecule has 1 rings (SSSR count). The smallest absolute Gasteiger partial charge is 0.164 e. The highest BCUT2D eigenvalue weighted by Crippen LogP contribution is 2.24. The van der Waals surface area contributed by atoms with E-state index in [0.717, 1.165) is 19.6 Å². The highest BCUT2D eigenvalue weighted by atomic mass is 16.5. The molecule has 2 N–H and O–H groups in total. The van der Waals surface area contributed by atoms with Crippen molar-refractivity contribution in [3.8, 4) is 5.75 Å². The highest BCUT2D eigenvalue weighted by molar-refractivity contribution is 5.97. The van der Waals surface area contributed by atoms with E-state index in [4.69, 9.17) is 10.5 Å². The van der Waals surface area contributed by atoms with Crippen LogP contribution in [0.3, 0.4) is 0 Å². The normalized spacial score (nSPS) is 11.1. The van der Waals surface area contributed by atoms with Gasteiger partial charge in [-0.2, -0.15) is 0 Å². The van der Waals surface area contributed by atoms with Gasteiger partial charge in [-0.15, -0.1) is 0 Å². The van der Waals surface area contributed by atoms with Gasteiger partial charge < -0.3 is 15.4 Å². The number of nitrogen functional groups attached to an aromatic ring is 1. The van der Waals surface area contributed by atoms with E-state index in [1.54, 1.807) is 18.2 Å². The lowest BCUT2D eigenvalue weighted by atomic mass is 10.1. The molecule has 0 unspecified atom stereocenters. The fourth-order valence-corrected chi connectivity index (χ4v) is 2.03. The number of benzene rings is 1. The van der Waals surface area contributed by atoms with Crippen LogP contribution in [0.2, 0.25) is 0 Å². The van der Waals surface area contributed by atoms with Gasteiger partial charge in [0.05, 0.1) is 11.8 Å². The zero-order chi connectivity index (χ0) is 15.1. The summed E-state index contributed by atoms with van der Waals surface area (Å²) in [6.45, 7) is 10.8. The number of ketones is 1. The van der Waals surface area contributed by atoms with Gasteiger partial charge in [0.15, 0.2) is 5.78 Å². The van der Waals surface area contributed by atoms with Gasteiger partial charge in [-0.3, -0.25) is 4.79 Å². The Hall–Kier alpha value is -1.55. The first kappa shape index (κ1) is 16.5. The Morgan fingerprint density at radius 1 is 1.30 bits per heavy atom. The molecule has 0 amide bonds. The average Bonchev–Trinajstić information content (AvgIpc) is 2.41. The zero-order valence-corrected chi connectivity index (χ0v) is 13.0. The quantitative estimate of drug-likeness (QED) is 0.586. The van der Waals surface area contributed by atoms with Gasteiger partial charge in [-0.05, 0) is 45.1 Å². The zero-order valence-electron chi connectivity index (χ0n) is 13.0. The van der Waals surface area contributed by atoms with Crippen LogP contribution >= 0.6 is 0 Å². The summed E-state index contributed by atoms with van der Waals surface area (Å²) < 4.78 is 5.57. The van der Waals surface area contributed by atoms with Gasteiger partial charge >= 0.3 is 0 Å². The molecule has 0 aliphatic carbocycles. The molecule has 0 aromatic heterocycles. The van der Waals surface area contributed by atoms with E-state index in [0.29, 0.717) is 23.4 Å². The molecule has 0 heterocycles. The number of nitrogens with zero attached hydrogens (tertiary/aromatic N) is 1. The first-order chi connectivity index (χ1) is 9.47. The van der Waals surface area contributed by atoms with Crippen molar-refractivity contribution in [2.24, 2.45) is 0 Å². The second-order valence-electron chi connectivity index (χ2n) is 5.12. The van der Waals surface area contributed by atoms with Gasteiger partial charge in [-0.25, -0.2) is 0 Å². The fraction of sp³-hybridized carbons (Fsp3) is 0.562. The van der Waals surface area contributed by atoms with E-state index in [1.165, 1.54) is 0 Å². The molecule has 0 aliphatic heterocycles. The highest BCUT2D eigenvalue weighted by Gasteiger charge is 2.11. The predicted molar refractivity (Wildman–Crippen MR) is 83.4 cm³/mol. The molecule has 0 saturated heterocycles. The van der Waals surface area contributed by atoms with E-state index >= 15 is 0 Å². The minimum atomic E-state index is 0.0709. The van der Waals surface area contributed by atoms with Crippen molar-refractivity contribution >= 4 is 11.5 Å². The number of hydrogen-bond donors (Lipinski definition) is 1. The van der Waals surface area contributed by atoms with Crippen molar-refractivity contribution in [1.82, 2.24) is 4.90 Å². The lowest BCUT2D eigenvalue weighted by molar-refractivity contribution is 0.0966. The van der Waals surface area contributed by atoms with Crippen LogP contribution in [0.5, 0.6) is 5.75 Å². The van der Waals surface area contributed by atoms with Crippen molar-refractivity contribution in [2.75, 3.05) is 25.4 Å². The van der Waals surface area contributed by atoms with Gasteiger partial charge in [0.1, 0.15) is 5.75 Å². The molecule has 4 nitrogen and oxygen atoms in total. The first-order valence-corrected chi connectivity index (χ1v) is 7.29. The third kappa shape index (κ3) is 4.85. The SMILES string of the molecule is CCN(CC)CCC(=O)c1ccc(OC(C)C)c(N)c1. The first-order valence-electron chi connectivity index (χ1n) is 7.29. The van der Waals surface area contributed by atoms with Crippen LogP contribution < -0.4 is 10.5 Å². The molecule has 0 bridgehead atoms. The van der Waals surface area contributed by atoms with Crippen LogP contribution in [-0.4, -0.2) is 36.4 Å². The topological polar surface area (TPSA) is 55.6 Å². The van der Waals surface area contributed by atoms with Crippen LogP contribution in [0.4, 0.5) is 5.69 Å². The minimum Gasteiger partial charge on any atom is -0.489 e. The Bertz CT molecular complexity index is 440. The Morgan fingerprint density at radius 3 is 2.45 bits per heavy atom. The molecule has 112 valence electrons. The van der Waals surface area contributed by atoms with E-state index in [9.17, 15) is 4.79 Å². The maximum absolute atomic E-state index is 12.1. The van der Waals surface area contributed by atoms with Crippen LogP contribution in [0.15, 0.2) is 18.2 Å². The summed E-state index contributed by atoms with van der Waals surface area (Å²) >= 11 is 0. The number of rotatable bonds is 8. The molecule has 0 atom stereocenters. The summed E-state index contributed by atoms with van der Waals surface area (Å²) in [5.41, 5.74) is 7.11. The van der Waals surface area contributed by atoms with Crippen molar-refractivity contribution in [1.29, 1.82) is 0 Å². The predicted octanol–water partition coefficient (Wildman–Crippen LogP) is 2.97. The largest absolute Gasteiger partial charge is 0.489 e. The van der Waals surface area contributed by atoms with Crippen LogP contribution in [-0.2, 0) is 0 Å². The molecule has 4 heteroatoms. The molecule has 0 spiro atoms. The third-order valence-corrected chi connectivity index (χ3v) is 3.24. The summed E-state index contributed by atoms with van der Waals surface area (Å²) in [4.78, 5) is 14.4. The molecule has 1 aromatic rings. The van der Waals surface area contributed by atoms with Crippen LogP contribution in [0, 0.1) is 0 Å². The van der Waals surface area contributed by atoms with E-state index in [2.05, 4.69) is 18.7 Å². The lowest BCUT2D eigenvalue weighted by Crippen LogP contribution is -2.25. The minimum absolute atomic E-state index is 0.0709. The number of carbonyl (C=O) groups is 1. The van der Waals surface area contributed by atoms with E-state index in [-0.39, 0.29) is 11.9 Å². The van der Waals surface area contributed by atoms with Gasteiger partial charge in [0.25, 0.3) is 0 Å².